The molecule has 2 aliphatic heterocycles. The molecule has 0 N–H and O–H groups in total. The van der Waals surface area contributed by atoms with E-state index in [2.05, 4.69) is 28.6 Å². The lowest BCUT2D eigenvalue weighted by Crippen LogP contribution is -2.48. The van der Waals surface area contributed by atoms with E-state index in [-0.39, 0.29) is 5.91 Å². The number of nitrogens with zero attached hydrogens (tertiary/aromatic N) is 4. The summed E-state index contributed by atoms with van der Waals surface area (Å²) in [6, 6.07) is 2.03. The molecule has 0 saturated carbocycles. The van der Waals surface area contributed by atoms with Crippen molar-refractivity contribution in [3.8, 4) is 0 Å². The van der Waals surface area contributed by atoms with Gasteiger partial charge < -0.3 is 14.7 Å². The Morgan fingerprint density at radius 2 is 2.00 bits per heavy atom. The van der Waals surface area contributed by atoms with Crippen LogP contribution in [0, 0.1) is 5.92 Å². The van der Waals surface area contributed by atoms with Crippen LogP contribution in [0.3, 0.4) is 0 Å². The van der Waals surface area contributed by atoms with Crippen LogP contribution < -0.4 is 4.90 Å². The Hall–Kier alpha value is -1.62. The fourth-order valence-corrected chi connectivity index (χ4v) is 3.59. The number of hydrogen-bond acceptors (Lipinski definition) is 4. The van der Waals surface area contributed by atoms with Crippen molar-refractivity contribution >= 4 is 11.6 Å². The van der Waals surface area contributed by atoms with Crippen LogP contribution in [0.2, 0.25) is 0 Å². The molecular formula is C18H28N4O. The highest BCUT2D eigenvalue weighted by atomic mass is 16.2. The summed E-state index contributed by atoms with van der Waals surface area (Å²) in [5, 5.41) is 0. The molecule has 1 unspecified atom stereocenters. The second-order valence-electron chi connectivity index (χ2n) is 6.85. The zero-order valence-electron chi connectivity index (χ0n) is 14.4. The SMILES string of the molecule is CCN1CCN(C(=O)c2cncc(N3CCCC(C)C3)c2)CC1. The maximum absolute atomic E-state index is 12.7. The van der Waals surface area contributed by atoms with Gasteiger partial charge in [-0.1, -0.05) is 13.8 Å². The quantitative estimate of drug-likeness (QED) is 0.856. The molecule has 5 heteroatoms. The van der Waals surface area contributed by atoms with Gasteiger partial charge in [0.1, 0.15) is 0 Å². The number of anilines is 1. The Kier molecular flexibility index (Phi) is 5.16. The number of hydrogen-bond donors (Lipinski definition) is 0. The number of piperidine rings is 1. The monoisotopic (exact) mass is 316 g/mol. The highest BCUT2D eigenvalue weighted by Crippen LogP contribution is 2.23. The lowest BCUT2D eigenvalue weighted by molar-refractivity contribution is 0.0643. The highest BCUT2D eigenvalue weighted by molar-refractivity contribution is 5.94. The molecule has 126 valence electrons. The Morgan fingerprint density at radius 1 is 1.22 bits per heavy atom. The van der Waals surface area contributed by atoms with E-state index < -0.39 is 0 Å². The topological polar surface area (TPSA) is 39.7 Å². The van der Waals surface area contributed by atoms with Gasteiger partial charge >= 0.3 is 0 Å². The third kappa shape index (κ3) is 3.83. The van der Waals surface area contributed by atoms with Crippen molar-refractivity contribution in [1.29, 1.82) is 0 Å². The van der Waals surface area contributed by atoms with Crippen LogP contribution in [0.25, 0.3) is 0 Å². The maximum Gasteiger partial charge on any atom is 0.255 e. The zero-order chi connectivity index (χ0) is 16.2. The summed E-state index contributed by atoms with van der Waals surface area (Å²) < 4.78 is 0. The van der Waals surface area contributed by atoms with E-state index in [4.69, 9.17) is 0 Å². The van der Waals surface area contributed by atoms with Gasteiger partial charge in [0.15, 0.2) is 0 Å². The molecule has 2 aliphatic rings. The molecule has 0 aromatic carbocycles. The molecule has 0 bridgehead atoms. The van der Waals surface area contributed by atoms with Crippen LogP contribution in [-0.2, 0) is 0 Å². The molecule has 0 aliphatic carbocycles. The lowest BCUT2D eigenvalue weighted by atomic mass is 10.00. The van der Waals surface area contributed by atoms with Crippen LogP contribution in [0.5, 0.6) is 0 Å². The van der Waals surface area contributed by atoms with Gasteiger partial charge in [0.25, 0.3) is 5.91 Å². The van der Waals surface area contributed by atoms with Crippen molar-refractivity contribution in [2.75, 3.05) is 50.7 Å². The number of piperazine rings is 1. The summed E-state index contributed by atoms with van der Waals surface area (Å²) in [7, 11) is 0. The molecule has 5 nitrogen and oxygen atoms in total. The van der Waals surface area contributed by atoms with Gasteiger partial charge in [-0.15, -0.1) is 0 Å². The van der Waals surface area contributed by atoms with Crippen LogP contribution in [0.4, 0.5) is 5.69 Å². The molecule has 2 saturated heterocycles. The Bertz CT molecular complexity index is 540. The molecule has 1 atom stereocenters. The highest BCUT2D eigenvalue weighted by Gasteiger charge is 2.23. The number of aromatic nitrogens is 1. The van der Waals surface area contributed by atoms with Crippen molar-refractivity contribution in [2.45, 2.75) is 26.7 Å². The fourth-order valence-electron chi connectivity index (χ4n) is 3.59. The summed E-state index contributed by atoms with van der Waals surface area (Å²) in [5.41, 5.74) is 1.82. The van der Waals surface area contributed by atoms with Gasteiger partial charge in [0, 0.05) is 45.5 Å². The predicted molar refractivity (Wildman–Crippen MR) is 92.9 cm³/mol. The summed E-state index contributed by atoms with van der Waals surface area (Å²) in [6.07, 6.45) is 6.12. The molecule has 1 amide bonds. The summed E-state index contributed by atoms with van der Waals surface area (Å²) in [6.45, 7) is 11.2. The molecule has 2 fully saturated rings. The average molecular weight is 316 g/mol. The smallest absolute Gasteiger partial charge is 0.255 e. The van der Waals surface area contributed by atoms with Crippen LogP contribution >= 0.6 is 0 Å². The number of carbonyl (C=O) groups excluding carboxylic acids is 1. The van der Waals surface area contributed by atoms with E-state index in [1.807, 2.05) is 17.2 Å². The fraction of sp³-hybridized carbons (Fsp3) is 0.667. The Morgan fingerprint density at radius 3 is 2.70 bits per heavy atom. The minimum absolute atomic E-state index is 0.125. The van der Waals surface area contributed by atoms with Gasteiger partial charge in [-0.3, -0.25) is 9.78 Å². The predicted octanol–water partition coefficient (Wildman–Crippen LogP) is 2.10. The first kappa shape index (κ1) is 16.2. The third-order valence-corrected chi connectivity index (χ3v) is 5.10. The van der Waals surface area contributed by atoms with Crippen LogP contribution in [-0.4, -0.2) is 66.5 Å². The molecule has 3 rings (SSSR count). The van der Waals surface area contributed by atoms with Gasteiger partial charge in [0.05, 0.1) is 17.4 Å². The van der Waals surface area contributed by atoms with E-state index in [0.717, 1.165) is 57.1 Å². The van der Waals surface area contributed by atoms with Crippen molar-refractivity contribution in [3.63, 3.8) is 0 Å². The van der Waals surface area contributed by atoms with E-state index in [0.29, 0.717) is 5.92 Å². The van der Waals surface area contributed by atoms with Gasteiger partial charge in [-0.2, -0.15) is 0 Å². The Labute approximate surface area is 139 Å². The molecule has 3 heterocycles. The van der Waals surface area contributed by atoms with Crippen molar-refractivity contribution < 1.29 is 4.79 Å². The standard InChI is InChI=1S/C18H28N4O/c1-3-20-7-9-21(10-8-20)18(23)16-11-17(13-19-12-16)22-6-4-5-15(2)14-22/h11-13,15H,3-10,14H2,1-2H3. The zero-order valence-corrected chi connectivity index (χ0v) is 14.4. The second kappa shape index (κ2) is 7.30. The largest absolute Gasteiger partial charge is 0.370 e. The number of likely N-dealkylation sites (N-methyl/N-ethyl adjacent to an activating group) is 1. The van der Waals surface area contributed by atoms with Crippen molar-refractivity contribution in [1.82, 2.24) is 14.8 Å². The molecule has 0 radical (unpaired) electrons. The second-order valence-corrected chi connectivity index (χ2v) is 6.85. The Balaban J connectivity index is 1.68. The van der Waals surface area contributed by atoms with E-state index in [1.165, 1.54) is 12.8 Å². The number of pyridine rings is 1. The lowest BCUT2D eigenvalue weighted by Gasteiger charge is -2.34. The van der Waals surface area contributed by atoms with Crippen molar-refractivity contribution in [2.24, 2.45) is 5.92 Å². The average Bonchev–Trinajstić information content (AvgIpc) is 2.61. The van der Waals surface area contributed by atoms with Gasteiger partial charge in [0.2, 0.25) is 0 Å². The van der Waals surface area contributed by atoms with E-state index in [1.54, 1.807) is 6.20 Å². The number of amides is 1. The van der Waals surface area contributed by atoms with Crippen LogP contribution in [0.1, 0.15) is 37.0 Å². The molecule has 23 heavy (non-hydrogen) atoms. The maximum atomic E-state index is 12.7. The first-order valence-electron chi connectivity index (χ1n) is 8.89. The van der Waals surface area contributed by atoms with E-state index in [9.17, 15) is 4.79 Å². The summed E-state index contributed by atoms with van der Waals surface area (Å²) >= 11 is 0. The summed E-state index contributed by atoms with van der Waals surface area (Å²) in [4.78, 5) is 23.8. The van der Waals surface area contributed by atoms with Gasteiger partial charge in [-0.25, -0.2) is 0 Å². The minimum Gasteiger partial charge on any atom is -0.370 e. The molecule has 1 aromatic rings. The van der Waals surface area contributed by atoms with Gasteiger partial charge in [-0.05, 0) is 31.4 Å². The number of carbonyl (C=O) groups is 1. The van der Waals surface area contributed by atoms with E-state index >= 15 is 0 Å². The molecule has 0 spiro atoms. The first-order chi connectivity index (χ1) is 11.2. The number of rotatable bonds is 3. The minimum atomic E-state index is 0.125. The normalized spacial score (nSPS) is 23.1. The summed E-state index contributed by atoms with van der Waals surface area (Å²) in [5.74, 6) is 0.838. The first-order valence-corrected chi connectivity index (χ1v) is 8.89. The van der Waals surface area contributed by atoms with Crippen LogP contribution in [0.15, 0.2) is 18.5 Å². The third-order valence-electron chi connectivity index (χ3n) is 5.10. The molecular weight excluding hydrogens is 288 g/mol. The van der Waals surface area contributed by atoms with Crippen molar-refractivity contribution in [3.05, 3.63) is 24.0 Å². The molecule has 1 aromatic heterocycles.